The Hall–Kier alpha value is -0.530. The van der Waals surface area contributed by atoms with Gasteiger partial charge in [0.15, 0.2) is 0 Å². The van der Waals surface area contributed by atoms with Crippen LogP contribution in [0.5, 0.6) is 0 Å². The second-order valence-corrected chi connectivity index (χ2v) is 5.78. The molecule has 0 unspecified atom stereocenters. The van der Waals surface area contributed by atoms with Gasteiger partial charge in [0, 0.05) is 11.1 Å². The summed E-state index contributed by atoms with van der Waals surface area (Å²) in [6, 6.07) is 7.14. The van der Waals surface area contributed by atoms with Crippen molar-refractivity contribution in [1.82, 2.24) is 4.90 Å². The zero-order valence-electron chi connectivity index (χ0n) is 11.6. The summed E-state index contributed by atoms with van der Waals surface area (Å²) in [6.07, 6.45) is 6.18. The summed E-state index contributed by atoms with van der Waals surface area (Å²) >= 11 is 6.06. The molecule has 1 nitrogen and oxygen atoms in total. The van der Waals surface area contributed by atoms with Crippen LogP contribution in [0.15, 0.2) is 18.2 Å². The van der Waals surface area contributed by atoms with Crippen molar-refractivity contribution < 1.29 is 0 Å². The summed E-state index contributed by atoms with van der Waals surface area (Å²) < 4.78 is 0. The minimum atomic E-state index is 0.735. The van der Waals surface area contributed by atoms with Crippen molar-refractivity contribution in [2.75, 3.05) is 13.1 Å². The number of fused-ring (bicyclic) bond motifs is 1. The van der Waals surface area contributed by atoms with Crippen LogP contribution in [-0.4, -0.2) is 24.0 Å². The molecule has 0 amide bonds. The van der Waals surface area contributed by atoms with E-state index in [0.29, 0.717) is 0 Å². The predicted molar refractivity (Wildman–Crippen MR) is 79.4 cm³/mol. The first-order valence-electron chi connectivity index (χ1n) is 7.26. The molecule has 1 aromatic carbocycles. The third-order valence-corrected chi connectivity index (χ3v) is 4.14. The molecule has 2 heteroatoms. The third-order valence-electron chi connectivity index (χ3n) is 3.91. The van der Waals surface area contributed by atoms with Crippen molar-refractivity contribution in [2.45, 2.75) is 52.0 Å². The standard InChI is InChI=1S/C16H24ClN/c1-3-9-18(10-4-2)16-8-6-13-11-15(17)7-5-14(13)12-16/h5,7,11,16H,3-4,6,8-10,12H2,1-2H3/t16-/m1/s1. The molecule has 0 N–H and O–H groups in total. The van der Waals surface area contributed by atoms with Gasteiger partial charge >= 0.3 is 0 Å². The number of rotatable bonds is 5. The Kier molecular flexibility index (Phi) is 5.08. The topological polar surface area (TPSA) is 3.24 Å². The quantitative estimate of drug-likeness (QED) is 0.766. The molecule has 1 aliphatic carbocycles. The zero-order valence-corrected chi connectivity index (χ0v) is 12.3. The molecule has 2 rings (SSSR count). The van der Waals surface area contributed by atoms with Crippen LogP contribution in [0.2, 0.25) is 5.02 Å². The lowest BCUT2D eigenvalue weighted by atomic mass is 9.87. The molecule has 0 radical (unpaired) electrons. The Bertz CT molecular complexity index is 383. The lowest BCUT2D eigenvalue weighted by Gasteiger charge is -2.35. The van der Waals surface area contributed by atoms with Crippen molar-refractivity contribution in [1.29, 1.82) is 0 Å². The van der Waals surface area contributed by atoms with E-state index in [4.69, 9.17) is 11.6 Å². The molecule has 1 aromatic rings. The Balaban J connectivity index is 2.07. The maximum absolute atomic E-state index is 6.06. The zero-order chi connectivity index (χ0) is 13.0. The monoisotopic (exact) mass is 265 g/mol. The highest BCUT2D eigenvalue weighted by atomic mass is 35.5. The Morgan fingerprint density at radius 1 is 1.17 bits per heavy atom. The Morgan fingerprint density at radius 2 is 1.89 bits per heavy atom. The van der Waals surface area contributed by atoms with E-state index in [0.717, 1.165) is 11.1 Å². The first-order valence-corrected chi connectivity index (χ1v) is 7.63. The van der Waals surface area contributed by atoms with Crippen molar-refractivity contribution in [3.63, 3.8) is 0 Å². The Morgan fingerprint density at radius 3 is 2.56 bits per heavy atom. The van der Waals surface area contributed by atoms with Gasteiger partial charge in [-0.05, 0) is 68.5 Å². The summed E-state index contributed by atoms with van der Waals surface area (Å²) in [5.41, 5.74) is 2.97. The number of hydrogen-bond donors (Lipinski definition) is 0. The highest BCUT2D eigenvalue weighted by Crippen LogP contribution is 2.27. The molecule has 0 heterocycles. The average Bonchev–Trinajstić information content (AvgIpc) is 2.38. The summed E-state index contributed by atoms with van der Waals surface area (Å²) in [5.74, 6) is 0. The highest BCUT2D eigenvalue weighted by Gasteiger charge is 2.23. The van der Waals surface area contributed by atoms with Gasteiger partial charge in [0.2, 0.25) is 0 Å². The van der Waals surface area contributed by atoms with E-state index < -0.39 is 0 Å². The van der Waals surface area contributed by atoms with Gasteiger partial charge in [-0.2, -0.15) is 0 Å². The summed E-state index contributed by atoms with van der Waals surface area (Å²) in [4.78, 5) is 2.68. The van der Waals surface area contributed by atoms with Crippen LogP contribution < -0.4 is 0 Å². The van der Waals surface area contributed by atoms with E-state index in [1.807, 2.05) is 6.07 Å². The average molecular weight is 266 g/mol. The minimum absolute atomic E-state index is 0.735. The van der Waals surface area contributed by atoms with Gasteiger partial charge in [0.05, 0.1) is 0 Å². The predicted octanol–water partition coefficient (Wildman–Crippen LogP) is 4.32. The largest absolute Gasteiger partial charge is 0.300 e. The van der Waals surface area contributed by atoms with Gasteiger partial charge < -0.3 is 4.90 Å². The fourth-order valence-electron chi connectivity index (χ4n) is 3.07. The SMILES string of the molecule is CCCN(CCC)[C@@H]1CCc2cc(Cl)ccc2C1. The number of halogens is 1. The maximum Gasteiger partial charge on any atom is 0.0408 e. The number of hydrogen-bond acceptors (Lipinski definition) is 1. The highest BCUT2D eigenvalue weighted by molar-refractivity contribution is 6.30. The van der Waals surface area contributed by atoms with Crippen molar-refractivity contribution in [2.24, 2.45) is 0 Å². The molecule has 0 bridgehead atoms. The third kappa shape index (κ3) is 3.27. The number of nitrogens with zero attached hydrogens (tertiary/aromatic N) is 1. The van der Waals surface area contributed by atoms with Crippen LogP contribution in [0, 0.1) is 0 Å². The summed E-state index contributed by atoms with van der Waals surface area (Å²) in [5, 5.41) is 0.881. The lowest BCUT2D eigenvalue weighted by Crippen LogP contribution is -2.40. The molecule has 0 aliphatic heterocycles. The molecule has 1 atom stereocenters. The first-order chi connectivity index (χ1) is 8.74. The van der Waals surface area contributed by atoms with Gasteiger partial charge in [-0.15, -0.1) is 0 Å². The van der Waals surface area contributed by atoms with Gasteiger partial charge in [0.25, 0.3) is 0 Å². The molecule has 0 saturated heterocycles. The smallest absolute Gasteiger partial charge is 0.0408 e. The summed E-state index contributed by atoms with van der Waals surface area (Å²) in [7, 11) is 0. The van der Waals surface area contributed by atoms with E-state index in [9.17, 15) is 0 Å². The molecule has 0 aromatic heterocycles. The van der Waals surface area contributed by atoms with Gasteiger partial charge in [-0.1, -0.05) is 31.5 Å². The molecule has 0 fully saturated rings. The lowest BCUT2D eigenvalue weighted by molar-refractivity contribution is 0.180. The molecule has 0 saturated carbocycles. The van der Waals surface area contributed by atoms with E-state index in [1.165, 1.54) is 56.3 Å². The fourth-order valence-corrected chi connectivity index (χ4v) is 3.26. The van der Waals surface area contributed by atoms with Crippen LogP contribution in [0.1, 0.15) is 44.2 Å². The van der Waals surface area contributed by atoms with E-state index in [1.54, 1.807) is 0 Å². The normalized spacial score (nSPS) is 19.0. The fraction of sp³-hybridized carbons (Fsp3) is 0.625. The minimum Gasteiger partial charge on any atom is -0.300 e. The van der Waals surface area contributed by atoms with Gasteiger partial charge in [-0.25, -0.2) is 0 Å². The van der Waals surface area contributed by atoms with E-state index in [2.05, 4.69) is 30.9 Å². The molecular formula is C16H24ClN. The van der Waals surface area contributed by atoms with Crippen LogP contribution in [-0.2, 0) is 12.8 Å². The van der Waals surface area contributed by atoms with E-state index >= 15 is 0 Å². The Labute approximate surface area is 116 Å². The van der Waals surface area contributed by atoms with Crippen LogP contribution in [0.3, 0.4) is 0 Å². The molecular weight excluding hydrogens is 242 g/mol. The second kappa shape index (κ2) is 6.58. The second-order valence-electron chi connectivity index (χ2n) is 5.35. The van der Waals surface area contributed by atoms with Crippen LogP contribution in [0.4, 0.5) is 0 Å². The molecule has 0 spiro atoms. The summed E-state index contributed by atoms with van der Waals surface area (Å²) in [6.45, 7) is 7.03. The molecule has 100 valence electrons. The van der Waals surface area contributed by atoms with Crippen molar-refractivity contribution >= 4 is 11.6 Å². The van der Waals surface area contributed by atoms with Crippen LogP contribution in [0.25, 0.3) is 0 Å². The number of aryl methyl sites for hydroxylation is 1. The van der Waals surface area contributed by atoms with Crippen molar-refractivity contribution in [3.8, 4) is 0 Å². The first kappa shape index (κ1) is 13.9. The molecule has 18 heavy (non-hydrogen) atoms. The number of benzene rings is 1. The van der Waals surface area contributed by atoms with Crippen molar-refractivity contribution in [3.05, 3.63) is 34.3 Å². The van der Waals surface area contributed by atoms with Crippen LogP contribution >= 0.6 is 11.6 Å². The van der Waals surface area contributed by atoms with Gasteiger partial charge in [-0.3, -0.25) is 0 Å². The van der Waals surface area contributed by atoms with Gasteiger partial charge in [0.1, 0.15) is 0 Å². The maximum atomic E-state index is 6.06. The molecule has 1 aliphatic rings. The van der Waals surface area contributed by atoms with E-state index in [-0.39, 0.29) is 0 Å².